The Morgan fingerprint density at radius 2 is 1.74 bits per heavy atom. The molecule has 4 heterocycles. The quantitative estimate of drug-likeness (QED) is 0.591. The lowest BCUT2D eigenvalue weighted by Gasteiger charge is -2.35. The molecule has 3 aromatic heterocycles. The van der Waals surface area contributed by atoms with E-state index in [2.05, 4.69) is 19.8 Å². The molecule has 1 aromatic carbocycles. The van der Waals surface area contributed by atoms with Crippen molar-refractivity contribution in [3.8, 4) is 17.0 Å². The van der Waals surface area contributed by atoms with Crippen LogP contribution in [-0.4, -0.2) is 50.9 Å². The van der Waals surface area contributed by atoms with Crippen LogP contribution in [0.2, 0.25) is 0 Å². The first-order valence-electron chi connectivity index (χ1n) is 8.82. The highest BCUT2D eigenvalue weighted by molar-refractivity contribution is 7.20. The minimum Gasteiger partial charge on any atom is -0.508 e. The molecule has 0 saturated carbocycles. The predicted molar refractivity (Wildman–Crippen MR) is 107 cm³/mol. The van der Waals surface area contributed by atoms with Gasteiger partial charge in [0.15, 0.2) is 0 Å². The SMILES string of the molecule is Oc1ccc(N2CCN(c3nn4cc(-c5cccnc5)nc4s3)CC2)cc1. The van der Waals surface area contributed by atoms with Crippen LogP contribution >= 0.6 is 11.3 Å². The molecule has 1 fully saturated rings. The van der Waals surface area contributed by atoms with E-state index in [0.29, 0.717) is 5.75 Å². The van der Waals surface area contributed by atoms with Crippen molar-refractivity contribution in [3.63, 3.8) is 0 Å². The van der Waals surface area contributed by atoms with Gasteiger partial charge < -0.3 is 14.9 Å². The van der Waals surface area contributed by atoms with Gasteiger partial charge in [-0.15, -0.1) is 5.10 Å². The van der Waals surface area contributed by atoms with Gasteiger partial charge in [0.25, 0.3) is 0 Å². The number of hydrogen-bond donors (Lipinski definition) is 1. The molecule has 0 aliphatic carbocycles. The van der Waals surface area contributed by atoms with E-state index >= 15 is 0 Å². The second kappa shape index (κ2) is 6.55. The second-order valence-corrected chi connectivity index (χ2v) is 7.40. The molecular formula is C19H18N6OS. The van der Waals surface area contributed by atoms with E-state index in [1.54, 1.807) is 29.7 Å². The van der Waals surface area contributed by atoms with E-state index in [0.717, 1.165) is 53.2 Å². The van der Waals surface area contributed by atoms with Gasteiger partial charge in [0.2, 0.25) is 10.1 Å². The molecule has 0 spiro atoms. The van der Waals surface area contributed by atoms with Gasteiger partial charge in [0.05, 0.1) is 11.9 Å². The zero-order valence-electron chi connectivity index (χ0n) is 14.6. The molecule has 8 heteroatoms. The zero-order chi connectivity index (χ0) is 18.2. The molecule has 5 rings (SSSR count). The Morgan fingerprint density at radius 1 is 0.963 bits per heavy atom. The fourth-order valence-corrected chi connectivity index (χ4v) is 4.22. The van der Waals surface area contributed by atoms with Crippen LogP contribution in [0.15, 0.2) is 55.0 Å². The van der Waals surface area contributed by atoms with Crippen LogP contribution in [0.1, 0.15) is 0 Å². The standard InChI is InChI=1S/C19H18N6OS/c26-16-5-3-15(4-6-16)23-8-10-24(11-9-23)19-22-25-13-17(21-18(25)27-19)14-2-1-7-20-12-14/h1-7,12-13,26H,8-11H2. The summed E-state index contributed by atoms with van der Waals surface area (Å²) in [7, 11) is 0. The van der Waals surface area contributed by atoms with Crippen molar-refractivity contribution < 1.29 is 5.11 Å². The number of benzene rings is 1. The van der Waals surface area contributed by atoms with E-state index in [1.165, 1.54) is 0 Å². The minimum absolute atomic E-state index is 0.300. The van der Waals surface area contributed by atoms with Gasteiger partial charge in [-0.2, -0.15) is 0 Å². The Kier molecular flexibility index (Phi) is 3.90. The number of anilines is 2. The fourth-order valence-electron chi connectivity index (χ4n) is 3.29. The lowest BCUT2D eigenvalue weighted by molar-refractivity contribution is 0.475. The molecule has 136 valence electrons. The van der Waals surface area contributed by atoms with Crippen LogP contribution in [0.25, 0.3) is 16.2 Å². The van der Waals surface area contributed by atoms with Crippen LogP contribution in [0.3, 0.4) is 0 Å². The number of rotatable bonds is 3. The highest BCUT2D eigenvalue weighted by Crippen LogP contribution is 2.28. The zero-order valence-corrected chi connectivity index (χ0v) is 15.4. The number of fused-ring (bicyclic) bond motifs is 1. The summed E-state index contributed by atoms with van der Waals surface area (Å²) in [5.41, 5.74) is 3.03. The molecule has 7 nitrogen and oxygen atoms in total. The van der Waals surface area contributed by atoms with E-state index in [-0.39, 0.29) is 0 Å². The largest absolute Gasteiger partial charge is 0.508 e. The van der Waals surface area contributed by atoms with Crippen LogP contribution < -0.4 is 9.80 Å². The van der Waals surface area contributed by atoms with E-state index in [1.807, 2.05) is 41.2 Å². The number of imidazole rings is 1. The molecule has 0 amide bonds. The molecule has 1 N–H and O–H groups in total. The van der Waals surface area contributed by atoms with E-state index in [4.69, 9.17) is 5.10 Å². The van der Waals surface area contributed by atoms with Crippen molar-refractivity contribution in [1.82, 2.24) is 19.6 Å². The van der Waals surface area contributed by atoms with Crippen molar-refractivity contribution in [1.29, 1.82) is 0 Å². The van der Waals surface area contributed by atoms with Crippen LogP contribution in [-0.2, 0) is 0 Å². The Hall–Kier alpha value is -3.13. The van der Waals surface area contributed by atoms with Gasteiger partial charge in [-0.05, 0) is 36.4 Å². The van der Waals surface area contributed by atoms with Gasteiger partial charge in [0, 0.05) is 49.8 Å². The summed E-state index contributed by atoms with van der Waals surface area (Å²) in [6.45, 7) is 3.67. The maximum atomic E-state index is 9.44. The molecule has 1 saturated heterocycles. The van der Waals surface area contributed by atoms with Gasteiger partial charge in [-0.25, -0.2) is 9.50 Å². The van der Waals surface area contributed by atoms with Crippen LogP contribution in [0.4, 0.5) is 10.8 Å². The third kappa shape index (κ3) is 3.08. The smallest absolute Gasteiger partial charge is 0.214 e. The molecule has 1 aliphatic rings. The molecule has 0 bridgehead atoms. The lowest BCUT2D eigenvalue weighted by atomic mass is 10.2. The molecule has 27 heavy (non-hydrogen) atoms. The summed E-state index contributed by atoms with van der Waals surface area (Å²) in [6.07, 6.45) is 5.53. The first-order chi connectivity index (χ1) is 13.3. The summed E-state index contributed by atoms with van der Waals surface area (Å²) in [5, 5.41) is 15.2. The Labute approximate surface area is 160 Å². The minimum atomic E-state index is 0.300. The molecule has 0 unspecified atom stereocenters. The molecule has 0 atom stereocenters. The Morgan fingerprint density at radius 3 is 2.44 bits per heavy atom. The summed E-state index contributed by atoms with van der Waals surface area (Å²) < 4.78 is 1.86. The third-order valence-electron chi connectivity index (χ3n) is 4.75. The summed E-state index contributed by atoms with van der Waals surface area (Å²) in [4.78, 5) is 14.4. The van der Waals surface area contributed by atoms with Crippen molar-refractivity contribution in [2.75, 3.05) is 36.0 Å². The highest BCUT2D eigenvalue weighted by Gasteiger charge is 2.21. The Bertz CT molecular complexity index is 1020. The molecule has 4 aromatic rings. The molecular weight excluding hydrogens is 360 g/mol. The number of pyridine rings is 1. The van der Waals surface area contributed by atoms with Crippen molar-refractivity contribution >= 4 is 27.1 Å². The number of nitrogens with zero attached hydrogens (tertiary/aromatic N) is 6. The topological polar surface area (TPSA) is 69.8 Å². The summed E-state index contributed by atoms with van der Waals surface area (Å²) >= 11 is 1.61. The lowest BCUT2D eigenvalue weighted by Crippen LogP contribution is -2.46. The number of phenols is 1. The third-order valence-corrected chi connectivity index (χ3v) is 5.74. The monoisotopic (exact) mass is 378 g/mol. The van der Waals surface area contributed by atoms with Crippen molar-refractivity contribution in [2.45, 2.75) is 0 Å². The summed E-state index contributed by atoms with van der Waals surface area (Å²) in [5.74, 6) is 0.300. The first kappa shape index (κ1) is 16.1. The van der Waals surface area contributed by atoms with Gasteiger partial charge >= 0.3 is 0 Å². The average Bonchev–Trinajstić information content (AvgIpc) is 3.29. The van der Waals surface area contributed by atoms with Crippen molar-refractivity contribution in [3.05, 3.63) is 55.0 Å². The van der Waals surface area contributed by atoms with Gasteiger partial charge in [0.1, 0.15) is 5.75 Å². The maximum absolute atomic E-state index is 9.44. The number of aromatic hydroxyl groups is 1. The van der Waals surface area contributed by atoms with Crippen LogP contribution in [0, 0.1) is 0 Å². The number of hydrogen-bond acceptors (Lipinski definition) is 7. The molecule has 1 aliphatic heterocycles. The van der Waals surface area contributed by atoms with Crippen molar-refractivity contribution in [2.24, 2.45) is 0 Å². The fraction of sp³-hybridized carbons (Fsp3) is 0.211. The number of piperazine rings is 1. The van der Waals surface area contributed by atoms with E-state index in [9.17, 15) is 5.11 Å². The average molecular weight is 378 g/mol. The summed E-state index contributed by atoms with van der Waals surface area (Å²) in [6, 6.07) is 11.3. The normalized spacial score (nSPS) is 14.8. The Balaban J connectivity index is 1.30. The van der Waals surface area contributed by atoms with Gasteiger partial charge in [-0.1, -0.05) is 11.3 Å². The van der Waals surface area contributed by atoms with Crippen LogP contribution in [0.5, 0.6) is 5.75 Å². The number of phenolic OH excluding ortho intramolecular Hbond substituents is 1. The first-order valence-corrected chi connectivity index (χ1v) is 9.63. The maximum Gasteiger partial charge on any atom is 0.214 e. The van der Waals surface area contributed by atoms with Gasteiger partial charge in [-0.3, -0.25) is 4.98 Å². The predicted octanol–water partition coefficient (Wildman–Crippen LogP) is 2.89. The van der Waals surface area contributed by atoms with E-state index < -0.39 is 0 Å². The second-order valence-electron chi connectivity index (χ2n) is 6.47. The number of aromatic nitrogens is 4. The molecule has 0 radical (unpaired) electrons. The highest BCUT2D eigenvalue weighted by atomic mass is 32.1.